The van der Waals surface area contributed by atoms with Crippen LogP contribution in [0.3, 0.4) is 0 Å². The number of anilines is 1. The number of nitrogens with zero attached hydrogens (tertiary/aromatic N) is 2. The van der Waals surface area contributed by atoms with E-state index in [1.165, 1.54) is 11.3 Å². The molecule has 4 nitrogen and oxygen atoms in total. The van der Waals surface area contributed by atoms with Gasteiger partial charge in [0.25, 0.3) is 0 Å². The number of nitrogens with one attached hydrogen (secondary N) is 1. The van der Waals surface area contributed by atoms with Gasteiger partial charge in [-0.05, 0) is 42.8 Å². The summed E-state index contributed by atoms with van der Waals surface area (Å²) < 4.78 is 2.93. The Kier molecular flexibility index (Phi) is 4.40. The quantitative estimate of drug-likeness (QED) is 0.742. The number of hydrogen-bond donors (Lipinski definition) is 1. The molecule has 1 N–H and O–H groups in total. The predicted octanol–water partition coefficient (Wildman–Crippen LogP) is 4.19. The van der Waals surface area contributed by atoms with Crippen molar-refractivity contribution < 1.29 is 4.79 Å². The predicted molar refractivity (Wildman–Crippen MR) is 92.7 cm³/mol. The van der Waals surface area contributed by atoms with Crippen molar-refractivity contribution in [2.75, 3.05) is 5.32 Å². The molecule has 0 saturated heterocycles. The van der Waals surface area contributed by atoms with E-state index in [0.717, 1.165) is 26.5 Å². The fourth-order valence-corrected chi connectivity index (χ4v) is 3.35. The van der Waals surface area contributed by atoms with Crippen LogP contribution >= 0.6 is 27.3 Å². The minimum atomic E-state index is -0.0604. The molecule has 3 rings (SSSR count). The molecular formula is C16H14BrN3OS. The first-order valence-electron chi connectivity index (χ1n) is 6.75. The number of thiazole rings is 1. The van der Waals surface area contributed by atoms with E-state index >= 15 is 0 Å². The molecule has 0 saturated carbocycles. The lowest BCUT2D eigenvalue weighted by molar-refractivity contribution is -0.115. The molecule has 2 aromatic heterocycles. The smallest absolute Gasteiger partial charge is 0.230 e. The van der Waals surface area contributed by atoms with Gasteiger partial charge in [0.1, 0.15) is 0 Å². The highest BCUT2D eigenvalue weighted by molar-refractivity contribution is 9.10. The van der Waals surface area contributed by atoms with E-state index in [2.05, 4.69) is 26.2 Å². The minimum absolute atomic E-state index is 0.0604. The third-order valence-electron chi connectivity index (χ3n) is 3.17. The van der Waals surface area contributed by atoms with Gasteiger partial charge in [-0.15, -0.1) is 11.3 Å². The largest absolute Gasteiger partial charge is 0.326 e. The van der Waals surface area contributed by atoms with Crippen LogP contribution in [0, 0.1) is 6.92 Å². The third-order valence-corrected chi connectivity index (χ3v) is 4.57. The van der Waals surface area contributed by atoms with E-state index in [9.17, 15) is 4.79 Å². The number of hydrogen-bond acceptors (Lipinski definition) is 3. The zero-order chi connectivity index (χ0) is 15.5. The zero-order valence-corrected chi connectivity index (χ0v) is 14.3. The first kappa shape index (κ1) is 15.0. The highest BCUT2D eigenvalue weighted by Gasteiger charge is 2.10. The van der Waals surface area contributed by atoms with Gasteiger partial charge >= 0.3 is 0 Å². The fraction of sp³-hybridized carbons (Fsp3) is 0.125. The topological polar surface area (TPSA) is 46.9 Å². The van der Waals surface area contributed by atoms with Crippen molar-refractivity contribution in [1.29, 1.82) is 0 Å². The molecule has 0 aliphatic heterocycles. The Morgan fingerprint density at radius 2 is 2.14 bits per heavy atom. The number of carbonyl (C=O) groups is 1. The summed E-state index contributed by atoms with van der Waals surface area (Å²) in [5.41, 5.74) is 2.63. The molecule has 3 aromatic rings. The second-order valence-corrected chi connectivity index (χ2v) is 6.65. The zero-order valence-electron chi connectivity index (χ0n) is 11.9. The summed E-state index contributed by atoms with van der Waals surface area (Å²) in [6, 6.07) is 9.68. The van der Waals surface area contributed by atoms with Crippen LogP contribution in [0.1, 0.15) is 11.3 Å². The highest BCUT2D eigenvalue weighted by Crippen LogP contribution is 2.21. The van der Waals surface area contributed by atoms with Crippen LogP contribution in [0.5, 0.6) is 0 Å². The van der Waals surface area contributed by atoms with Gasteiger partial charge in [0, 0.05) is 27.9 Å². The van der Waals surface area contributed by atoms with Gasteiger partial charge in [0.05, 0.1) is 12.1 Å². The first-order chi connectivity index (χ1) is 10.6. The minimum Gasteiger partial charge on any atom is -0.326 e. The average molecular weight is 376 g/mol. The van der Waals surface area contributed by atoms with E-state index in [-0.39, 0.29) is 12.3 Å². The second-order valence-electron chi connectivity index (χ2n) is 4.90. The molecule has 1 amide bonds. The SMILES string of the molecule is Cc1cc(Br)ccc1NC(=O)Cc1csc(-n2cccc2)n1. The summed E-state index contributed by atoms with van der Waals surface area (Å²) in [5, 5.41) is 5.72. The average Bonchev–Trinajstić information content (AvgIpc) is 3.12. The summed E-state index contributed by atoms with van der Waals surface area (Å²) >= 11 is 4.94. The Morgan fingerprint density at radius 3 is 2.86 bits per heavy atom. The van der Waals surface area contributed by atoms with E-state index in [4.69, 9.17) is 0 Å². The Balaban J connectivity index is 1.67. The number of amides is 1. The Bertz CT molecular complexity index is 796. The maximum absolute atomic E-state index is 12.1. The van der Waals surface area contributed by atoms with E-state index < -0.39 is 0 Å². The summed E-state index contributed by atoms with van der Waals surface area (Å²) in [5.74, 6) is -0.0604. The number of carbonyl (C=O) groups excluding carboxylic acids is 1. The fourth-order valence-electron chi connectivity index (χ4n) is 2.08. The lowest BCUT2D eigenvalue weighted by atomic mass is 10.2. The number of benzene rings is 1. The second kappa shape index (κ2) is 6.46. The van der Waals surface area contributed by atoms with E-state index in [1.807, 2.05) is 59.6 Å². The van der Waals surface area contributed by atoms with Crippen LogP contribution in [0.4, 0.5) is 5.69 Å². The molecule has 22 heavy (non-hydrogen) atoms. The lowest BCUT2D eigenvalue weighted by Crippen LogP contribution is -2.15. The van der Waals surface area contributed by atoms with Crippen LogP contribution in [0.2, 0.25) is 0 Å². The van der Waals surface area contributed by atoms with Crippen molar-refractivity contribution in [2.24, 2.45) is 0 Å². The molecule has 0 unspecified atom stereocenters. The van der Waals surface area contributed by atoms with Crippen molar-refractivity contribution in [1.82, 2.24) is 9.55 Å². The van der Waals surface area contributed by atoms with Crippen molar-refractivity contribution in [3.63, 3.8) is 0 Å². The summed E-state index contributed by atoms with van der Waals surface area (Å²) in [6.07, 6.45) is 4.15. The van der Waals surface area contributed by atoms with Gasteiger partial charge in [0.15, 0.2) is 5.13 Å². The summed E-state index contributed by atoms with van der Waals surface area (Å²) in [4.78, 5) is 16.6. The van der Waals surface area contributed by atoms with Crippen LogP contribution in [0.15, 0.2) is 52.6 Å². The van der Waals surface area contributed by atoms with Crippen molar-refractivity contribution in [3.8, 4) is 5.13 Å². The molecule has 1 aromatic carbocycles. The number of aromatic nitrogens is 2. The van der Waals surface area contributed by atoms with Crippen molar-refractivity contribution in [3.05, 3.63) is 63.8 Å². The van der Waals surface area contributed by atoms with Gasteiger partial charge in [-0.3, -0.25) is 4.79 Å². The highest BCUT2D eigenvalue weighted by atomic mass is 79.9. The standard InChI is InChI=1S/C16H14BrN3OS/c1-11-8-12(17)4-5-14(11)19-15(21)9-13-10-22-16(18-13)20-6-2-3-7-20/h2-8,10H,9H2,1H3,(H,19,21). The molecule has 0 radical (unpaired) electrons. The first-order valence-corrected chi connectivity index (χ1v) is 8.43. The molecule has 0 fully saturated rings. The van der Waals surface area contributed by atoms with Gasteiger partial charge in [-0.2, -0.15) is 0 Å². The monoisotopic (exact) mass is 375 g/mol. The number of aryl methyl sites for hydroxylation is 1. The Labute approximate surface area is 140 Å². The lowest BCUT2D eigenvalue weighted by Gasteiger charge is -2.07. The van der Waals surface area contributed by atoms with Crippen LogP contribution in [-0.2, 0) is 11.2 Å². The maximum atomic E-state index is 12.1. The third kappa shape index (κ3) is 3.45. The molecular weight excluding hydrogens is 362 g/mol. The van der Waals surface area contributed by atoms with E-state index in [0.29, 0.717) is 0 Å². The molecule has 0 aliphatic rings. The summed E-state index contributed by atoms with van der Waals surface area (Å²) in [6.45, 7) is 1.97. The summed E-state index contributed by atoms with van der Waals surface area (Å²) in [7, 11) is 0. The van der Waals surface area contributed by atoms with Crippen LogP contribution in [0.25, 0.3) is 5.13 Å². The Morgan fingerprint density at radius 1 is 1.36 bits per heavy atom. The molecule has 0 aliphatic carbocycles. The van der Waals surface area contributed by atoms with Gasteiger partial charge in [-0.25, -0.2) is 4.98 Å². The van der Waals surface area contributed by atoms with Gasteiger partial charge in [0.2, 0.25) is 5.91 Å². The number of rotatable bonds is 4. The Hall–Kier alpha value is -1.92. The van der Waals surface area contributed by atoms with E-state index in [1.54, 1.807) is 0 Å². The van der Waals surface area contributed by atoms with Gasteiger partial charge in [-0.1, -0.05) is 15.9 Å². The van der Waals surface area contributed by atoms with Crippen LogP contribution < -0.4 is 5.32 Å². The molecule has 112 valence electrons. The van der Waals surface area contributed by atoms with Crippen LogP contribution in [-0.4, -0.2) is 15.5 Å². The molecule has 0 atom stereocenters. The number of halogens is 1. The molecule has 6 heteroatoms. The van der Waals surface area contributed by atoms with Crippen molar-refractivity contribution >= 4 is 38.9 Å². The van der Waals surface area contributed by atoms with Gasteiger partial charge < -0.3 is 9.88 Å². The maximum Gasteiger partial charge on any atom is 0.230 e. The normalized spacial score (nSPS) is 10.6. The molecule has 0 spiro atoms. The molecule has 2 heterocycles. The van der Waals surface area contributed by atoms with Crippen molar-refractivity contribution in [2.45, 2.75) is 13.3 Å². The molecule has 0 bridgehead atoms.